The Morgan fingerprint density at radius 1 is 0.469 bits per heavy atom. The first kappa shape index (κ1) is 25.5. The molecule has 0 atom stereocenters. The molecular weight excluding hydrogens is 417 g/mol. The summed E-state index contributed by atoms with van der Waals surface area (Å²) in [6, 6.07) is 10.4. The standard InChI is InChI=1S/C30H48Si2/c1-9-11-13-15-17-23-19-25-26(20-24(23)18-16-14-12-10-2)28-22-30(32(6,7)8)29(21-27(25)28)31(3,4)5/h19-22H,9-18H2,1-8H3. The van der Waals surface area contributed by atoms with Crippen LogP contribution in [0.1, 0.15) is 76.3 Å². The van der Waals surface area contributed by atoms with Gasteiger partial charge in [-0.15, -0.1) is 0 Å². The Morgan fingerprint density at radius 2 is 0.812 bits per heavy atom. The van der Waals surface area contributed by atoms with Crippen molar-refractivity contribution in [1.29, 1.82) is 0 Å². The third kappa shape index (κ3) is 5.67. The van der Waals surface area contributed by atoms with Gasteiger partial charge in [0.15, 0.2) is 0 Å². The van der Waals surface area contributed by atoms with E-state index < -0.39 is 16.1 Å². The molecule has 0 bridgehead atoms. The van der Waals surface area contributed by atoms with Crippen LogP contribution in [0.2, 0.25) is 39.3 Å². The molecule has 2 heteroatoms. The van der Waals surface area contributed by atoms with Crippen LogP contribution in [0.5, 0.6) is 0 Å². The normalized spacial score (nSPS) is 13.0. The number of rotatable bonds is 12. The second-order valence-electron chi connectivity index (χ2n) is 12.2. The molecule has 0 N–H and O–H groups in total. The van der Waals surface area contributed by atoms with E-state index in [1.807, 2.05) is 0 Å². The third-order valence-corrected chi connectivity index (χ3v) is 11.6. The lowest BCUT2D eigenvalue weighted by Gasteiger charge is -2.34. The first-order valence-corrected chi connectivity index (χ1v) is 20.4. The Balaban J connectivity index is 1.98. The van der Waals surface area contributed by atoms with Crippen molar-refractivity contribution in [2.45, 2.75) is 117 Å². The van der Waals surface area contributed by atoms with Gasteiger partial charge in [0.2, 0.25) is 0 Å². The summed E-state index contributed by atoms with van der Waals surface area (Å²) in [6.07, 6.45) is 13.3. The monoisotopic (exact) mass is 464 g/mol. The van der Waals surface area contributed by atoms with Crippen molar-refractivity contribution >= 4 is 26.5 Å². The average Bonchev–Trinajstić information content (AvgIpc) is 2.71. The zero-order valence-electron chi connectivity index (χ0n) is 22.4. The van der Waals surface area contributed by atoms with Gasteiger partial charge in [-0.05, 0) is 59.1 Å². The molecule has 0 radical (unpaired) electrons. The van der Waals surface area contributed by atoms with Gasteiger partial charge in [0.25, 0.3) is 0 Å². The van der Waals surface area contributed by atoms with Crippen LogP contribution in [0.25, 0.3) is 22.3 Å². The molecule has 1 aliphatic rings. The van der Waals surface area contributed by atoms with E-state index >= 15 is 0 Å². The SMILES string of the molecule is CCCCCCc1cc2c(cc1CCCCCC)-c1cc([Si](C)(C)C)c([Si](C)(C)C)cc1-2. The highest BCUT2D eigenvalue weighted by molar-refractivity contribution is 6.98. The zero-order valence-corrected chi connectivity index (χ0v) is 24.4. The molecule has 0 saturated heterocycles. The quantitative estimate of drug-likeness (QED) is 0.186. The number of hydrogen-bond acceptors (Lipinski definition) is 0. The highest BCUT2D eigenvalue weighted by Gasteiger charge is 2.33. The van der Waals surface area contributed by atoms with Crippen molar-refractivity contribution < 1.29 is 0 Å². The highest BCUT2D eigenvalue weighted by Crippen LogP contribution is 2.48. The van der Waals surface area contributed by atoms with E-state index in [9.17, 15) is 0 Å². The molecule has 0 nitrogen and oxygen atoms in total. The molecule has 0 fully saturated rings. The molecule has 0 amide bonds. The van der Waals surface area contributed by atoms with Crippen molar-refractivity contribution in [2.75, 3.05) is 0 Å². The molecule has 176 valence electrons. The summed E-state index contributed by atoms with van der Waals surface area (Å²) in [6.45, 7) is 19.8. The van der Waals surface area contributed by atoms with Gasteiger partial charge in [0.05, 0.1) is 16.1 Å². The summed E-state index contributed by atoms with van der Waals surface area (Å²) in [5, 5.41) is 3.43. The number of benzene rings is 2. The summed E-state index contributed by atoms with van der Waals surface area (Å²) in [5.74, 6) is 0. The number of aryl methyl sites for hydroxylation is 2. The third-order valence-electron chi connectivity index (χ3n) is 7.29. The average molecular weight is 465 g/mol. The summed E-state index contributed by atoms with van der Waals surface area (Å²) in [4.78, 5) is 0. The second kappa shape index (κ2) is 10.4. The Hall–Kier alpha value is -1.13. The van der Waals surface area contributed by atoms with Crippen LogP contribution in [0.4, 0.5) is 0 Å². The van der Waals surface area contributed by atoms with Crippen molar-refractivity contribution in [2.24, 2.45) is 0 Å². The lowest BCUT2D eigenvalue weighted by molar-refractivity contribution is 0.651. The minimum absolute atomic E-state index is 1.26. The summed E-state index contributed by atoms with van der Waals surface area (Å²) in [7, 11) is -2.75. The molecule has 0 aliphatic heterocycles. The minimum atomic E-state index is -1.37. The maximum atomic E-state index is 2.62. The van der Waals surface area contributed by atoms with Crippen molar-refractivity contribution in [3.8, 4) is 22.3 Å². The van der Waals surface area contributed by atoms with Gasteiger partial charge in [0, 0.05) is 0 Å². The molecule has 0 aromatic heterocycles. The van der Waals surface area contributed by atoms with Crippen LogP contribution in [-0.4, -0.2) is 16.1 Å². The van der Waals surface area contributed by atoms with Crippen molar-refractivity contribution in [3.63, 3.8) is 0 Å². The van der Waals surface area contributed by atoms with Gasteiger partial charge in [-0.25, -0.2) is 0 Å². The number of fused-ring (bicyclic) bond motifs is 4. The molecule has 3 rings (SSSR count). The topological polar surface area (TPSA) is 0 Å². The van der Waals surface area contributed by atoms with E-state index in [0.29, 0.717) is 0 Å². The number of unbranched alkanes of at least 4 members (excludes halogenated alkanes) is 6. The smallest absolute Gasteiger partial charge is 0.0656 e. The van der Waals surface area contributed by atoms with Gasteiger partial charge >= 0.3 is 0 Å². The lowest BCUT2D eigenvalue weighted by Crippen LogP contribution is -2.56. The van der Waals surface area contributed by atoms with Crippen LogP contribution in [0, 0.1) is 0 Å². The first-order chi connectivity index (χ1) is 15.1. The van der Waals surface area contributed by atoms with E-state index in [0.717, 1.165) is 0 Å². The van der Waals surface area contributed by atoms with Crippen LogP contribution in [0.3, 0.4) is 0 Å². The minimum Gasteiger partial charge on any atom is -0.0656 e. The predicted molar refractivity (Wildman–Crippen MR) is 153 cm³/mol. The van der Waals surface area contributed by atoms with Crippen molar-refractivity contribution in [1.82, 2.24) is 0 Å². The van der Waals surface area contributed by atoms with Gasteiger partial charge in [0.1, 0.15) is 0 Å². The summed E-state index contributed by atoms with van der Waals surface area (Å²) >= 11 is 0. The Morgan fingerprint density at radius 3 is 1.12 bits per heavy atom. The van der Waals surface area contributed by atoms with Crippen LogP contribution >= 0.6 is 0 Å². The first-order valence-electron chi connectivity index (χ1n) is 13.4. The largest absolute Gasteiger partial charge is 0.0774 e. The van der Waals surface area contributed by atoms with Crippen LogP contribution in [0.15, 0.2) is 24.3 Å². The summed E-state index contributed by atoms with van der Waals surface area (Å²) < 4.78 is 0. The maximum absolute atomic E-state index is 2.62. The molecule has 32 heavy (non-hydrogen) atoms. The molecule has 0 heterocycles. The summed E-state index contributed by atoms with van der Waals surface area (Å²) in [5.41, 5.74) is 9.48. The van der Waals surface area contributed by atoms with E-state index in [2.05, 4.69) is 77.4 Å². The number of hydrogen-bond donors (Lipinski definition) is 0. The lowest BCUT2D eigenvalue weighted by atomic mass is 9.77. The fourth-order valence-electron chi connectivity index (χ4n) is 5.31. The fourth-order valence-corrected chi connectivity index (χ4v) is 10.5. The molecular formula is C30H48Si2. The zero-order chi connectivity index (χ0) is 23.5. The Bertz CT molecular complexity index is 849. The van der Waals surface area contributed by atoms with E-state index in [-0.39, 0.29) is 0 Å². The molecule has 1 aliphatic carbocycles. The van der Waals surface area contributed by atoms with E-state index in [1.165, 1.54) is 64.2 Å². The Labute approximate surface area is 201 Å². The molecule has 0 saturated carbocycles. The van der Waals surface area contributed by atoms with E-state index in [1.54, 1.807) is 43.8 Å². The molecule has 2 aromatic rings. The predicted octanol–water partition coefficient (Wildman–Crippen LogP) is 8.67. The van der Waals surface area contributed by atoms with E-state index in [4.69, 9.17) is 0 Å². The van der Waals surface area contributed by atoms with Gasteiger partial charge < -0.3 is 0 Å². The van der Waals surface area contributed by atoms with Gasteiger partial charge in [-0.1, -0.05) is 126 Å². The highest BCUT2D eigenvalue weighted by atomic mass is 28.3. The molecule has 0 spiro atoms. The van der Waals surface area contributed by atoms with Gasteiger partial charge in [-0.3, -0.25) is 0 Å². The fraction of sp³-hybridized carbons (Fsp3) is 0.600. The second-order valence-corrected chi connectivity index (χ2v) is 22.3. The van der Waals surface area contributed by atoms with Crippen LogP contribution in [-0.2, 0) is 12.8 Å². The van der Waals surface area contributed by atoms with Crippen LogP contribution < -0.4 is 10.4 Å². The van der Waals surface area contributed by atoms with Gasteiger partial charge in [-0.2, -0.15) is 0 Å². The maximum Gasteiger partial charge on any atom is 0.0774 e. The molecule has 0 unspecified atom stereocenters. The Kier molecular flexibility index (Phi) is 8.31. The molecule has 2 aromatic carbocycles. The van der Waals surface area contributed by atoms with Crippen molar-refractivity contribution in [3.05, 3.63) is 35.4 Å².